The summed E-state index contributed by atoms with van der Waals surface area (Å²) in [4.78, 5) is 21.5. The lowest BCUT2D eigenvalue weighted by Gasteiger charge is -2.12. The number of carbonyl (C=O) groups excluding carboxylic acids is 1. The van der Waals surface area contributed by atoms with E-state index in [1.54, 1.807) is 14.1 Å². The van der Waals surface area contributed by atoms with Gasteiger partial charge in [-0.1, -0.05) is 6.92 Å². The van der Waals surface area contributed by atoms with Crippen molar-refractivity contribution in [3.8, 4) is 0 Å². The highest BCUT2D eigenvalue weighted by Gasteiger charge is 2.03. The number of hydrogen-bond acceptors (Lipinski definition) is 4. The number of amides is 2. The summed E-state index contributed by atoms with van der Waals surface area (Å²) in [6.45, 7) is 3.25. The van der Waals surface area contributed by atoms with Crippen LogP contribution in [0.4, 0.5) is 10.6 Å². The Morgan fingerprint density at radius 3 is 2.74 bits per heavy atom. The van der Waals surface area contributed by atoms with Gasteiger partial charge in [0.1, 0.15) is 16.2 Å². The third-order valence-electron chi connectivity index (χ3n) is 2.33. The number of aromatic nitrogens is 2. The van der Waals surface area contributed by atoms with Gasteiger partial charge >= 0.3 is 6.03 Å². The molecule has 0 fully saturated rings. The highest BCUT2D eigenvalue weighted by molar-refractivity contribution is 9.10. The van der Waals surface area contributed by atoms with Crippen molar-refractivity contribution in [1.29, 1.82) is 0 Å². The summed E-state index contributed by atoms with van der Waals surface area (Å²) >= 11 is 3.37. The van der Waals surface area contributed by atoms with E-state index in [1.165, 1.54) is 4.90 Å². The Balaban J connectivity index is 2.42. The van der Waals surface area contributed by atoms with Crippen LogP contribution in [0.3, 0.4) is 0 Å². The summed E-state index contributed by atoms with van der Waals surface area (Å²) < 4.78 is 0.769. The van der Waals surface area contributed by atoms with Crippen molar-refractivity contribution in [3.05, 3.63) is 16.5 Å². The zero-order chi connectivity index (χ0) is 14.3. The van der Waals surface area contributed by atoms with E-state index < -0.39 is 0 Å². The molecule has 2 N–H and O–H groups in total. The maximum absolute atomic E-state index is 11.3. The Hall–Kier alpha value is -1.37. The largest absolute Gasteiger partial charge is 0.368 e. The van der Waals surface area contributed by atoms with Gasteiger partial charge in [0.05, 0.1) is 0 Å². The normalized spacial score (nSPS) is 10.1. The van der Waals surface area contributed by atoms with Crippen LogP contribution in [0, 0.1) is 0 Å². The number of hydrogen-bond donors (Lipinski definition) is 2. The smallest absolute Gasteiger partial charge is 0.316 e. The zero-order valence-corrected chi connectivity index (χ0v) is 13.1. The first-order valence-electron chi connectivity index (χ1n) is 6.25. The van der Waals surface area contributed by atoms with E-state index in [0.717, 1.165) is 29.1 Å². The lowest BCUT2D eigenvalue weighted by molar-refractivity contribution is 0.218. The van der Waals surface area contributed by atoms with Gasteiger partial charge in [-0.15, -0.1) is 0 Å². The van der Waals surface area contributed by atoms with Crippen LogP contribution < -0.4 is 10.6 Å². The SMILES string of the molecule is CCCc1nc(Br)cc(NCCNC(=O)N(C)C)n1. The molecule has 0 aromatic carbocycles. The minimum absolute atomic E-state index is 0.0997. The van der Waals surface area contributed by atoms with E-state index in [4.69, 9.17) is 0 Å². The molecule has 7 heteroatoms. The van der Waals surface area contributed by atoms with Gasteiger partial charge in [-0.2, -0.15) is 0 Å². The van der Waals surface area contributed by atoms with Crippen molar-refractivity contribution in [2.24, 2.45) is 0 Å². The molecule has 0 bridgehead atoms. The van der Waals surface area contributed by atoms with Gasteiger partial charge in [-0.25, -0.2) is 14.8 Å². The van der Waals surface area contributed by atoms with Crippen molar-refractivity contribution in [2.45, 2.75) is 19.8 Å². The van der Waals surface area contributed by atoms with Gasteiger partial charge in [0, 0.05) is 39.7 Å². The van der Waals surface area contributed by atoms with Crippen molar-refractivity contribution in [3.63, 3.8) is 0 Å². The first kappa shape index (κ1) is 15.7. The molecule has 0 saturated heterocycles. The van der Waals surface area contributed by atoms with Crippen LogP contribution in [0.1, 0.15) is 19.2 Å². The highest BCUT2D eigenvalue weighted by atomic mass is 79.9. The second-order valence-corrected chi connectivity index (χ2v) is 5.11. The predicted octanol–water partition coefficient (Wildman–Crippen LogP) is 1.87. The summed E-state index contributed by atoms with van der Waals surface area (Å²) in [5, 5.41) is 5.94. The highest BCUT2D eigenvalue weighted by Crippen LogP contribution is 2.12. The van der Waals surface area contributed by atoms with Crippen LogP contribution in [-0.2, 0) is 6.42 Å². The van der Waals surface area contributed by atoms with Gasteiger partial charge < -0.3 is 15.5 Å². The van der Waals surface area contributed by atoms with Crippen LogP contribution in [0.15, 0.2) is 10.7 Å². The first-order chi connectivity index (χ1) is 9.02. The average Bonchev–Trinajstić information content (AvgIpc) is 2.34. The lowest BCUT2D eigenvalue weighted by atomic mass is 10.3. The van der Waals surface area contributed by atoms with Gasteiger partial charge in [-0.3, -0.25) is 0 Å². The molecule has 0 aliphatic rings. The second kappa shape index (κ2) is 7.93. The van der Waals surface area contributed by atoms with E-state index in [2.05, 4.69) is 43.5 Å². The van der Waals surface area contributed by atoms with Gasteiger partial charge in [0.2, 0.25) is 0 Å². The van der Waals surface area contributed by atoms with E-state index in [9.17, 15) is 4.79 Å². The molecule has 0 saturated carbocycles. The van der Waals surface area contributed by atoms with E-state index in [1.807, 2.05) is 6.07 Å². The number of urea groups is 1. The van der Waals surface area contributed by atoms with Crippen molar-refractivity contribution >= 4 is 27.8 Å². The summed E-state index contributed by atoms with van der Waals surface area (Å²) in [5.74, 6) is 1.58. The average molecular weight is 330 g/mol. The summed E-state index contributed by atoms with van der Waals surface area (Å²) in [6, 6.07) is 1.73. The number of nitrogens with one attached hydrogen (secondary N) is 2. The van der Waals surface area contributed by atoms with Gasteiger partial charge in [0.15, 0.2) is 0 Å². The molecule has 6 nitrogen and oxygen atoms in total. The molecular weight excluding hydrogens is 310 g/mol. The Morgan fingerprint density at radius 1 is 1.37 bits per heavy atom. The molecule has 0 atom stereocenters. The maximum Gasteiger partial charge on any atom is 0.316 e. The summed E-state index contributed by atoms with van der Waals surface area (Å²) in [6.07, 6.45) is 1.86. The third-order valence-corrected chi connectivity index (χ3v) is 2.73. The monoisotopic (exact) mass is 329 g/mol. The van der Waals surface area contributed by atoms with Crippen LogP contribution in [-0.4, -0.2) is 48.1 Å². The van der Waals surface area contributed by atoms with Gasteiger partial charge in [-0.05, 0) is 22.4 Å². The number of aryl methyl sites for hydroxylation is 1. The molecule has 1 rings (SSSR count). The van der Waals surface area contributed by atoms with Crippen molar-refractivity contribution < 1.29 is 4.79 Å². The molecule has 0 radical (unpaired) electrons. The number of rotatable bonds is 6. The fourth-order valence-corrected chi connectivity index (χ4v) is 1.83. The molecule has 1 aromatic rings. The predicted molar refractivity (Wildman–Crippen MR) is 79.3 cm³/mol. The topological polar surface area (TPSA) is 70.2 Å². The molecular formula is C12H20BrN5O. The number of halogens is 1. The maximum atomic E-state index is 11.3. The Labute approximate surface area is 122 Å². The minimum Gasteiger partial charge on any atom is -0.368 e. The molecule has 0 spiro atoms. The van der Waals surface area contributed by atoms with E-state index >= 15 is 0 Å². The van der Waals surface area contributed by atoms with E-state index in [0.29, 0.717) is 13.1 Å². The van der Waals surface area contributed by atoms with Crippen molar-refractivity contribution in [2.75, 3.05) is 32.5 Å². The van der Waals surface area contributed by atoms with Crippen molar-refractivity contribution in [1.82, 2.24) is 20.2 Å². The standard InChI is InChI=1S/C12H20BrN5O/c1-4-5-10-16-9(13)8-11(17-10)14-6-7-15-12(19)18(2)3/h8H,4-7H2,1-3H3,(H,15,19)(H,14,16,17). The van der Waals surface area contributed by atoms with Crippen LogP contribution >= 0.6 is 15.9 Å². The van der Waals surface area contributed by atoms with Gasteiger partial charge in [0.25, 0.3) is 0 Å². The second-order valence-electron chi connectivity index (χ2n) is 4.30. The Bertz CT molecular complexity index is 425. The molecule has 19 heavy (non-hydrogen) atoms. The fourth-order valence-electron chi connectivity index (χ4n) is 1.41. The quantitative estimate of drug-likeness (QED) is 0.617. The summed E-state index contributed by atoms with van der Waals surface area (Å²) in [5.41, 5.74) is 0. The molecule has 1 heterocycles. The Kier molecular flexibility index (Phi) is 6.55. The lowest BCUT2D eigenvalue weighted by Crippen LogP contribution is -2.37. The first-order valence-corrected chi connectivity index (χ1v) is 7.04. The Morgan fingerprint density at radius 2 is 2.11 bits per heavy atom. The number of nitrogens with zero attached hydrogens (tertiary/aromatic N) is 3. The number of anilines is 1. The van der Waals surface area contributed by atoms with Crippen LogP contribution in [0.5, 0.6) is 0 Å². The van der Waals surface area contributed by atoms with E-state index in [-0.39, 0.29) is 6.03 Å². The third kappa shape index (κ3) is 5.87. The summed E-state index contributed by atoms with van der Waals surface area (Å²) in [7, 11) is 3.42. The minimum atomic E-state index is -0.0997. The van der Waals surface area contributed by atoms with Crippen LogP contribution in [0.2, 0.25) is 0 Å². The molecule has 2 amide bonds. The molecule has 0 aliphatic carbocycles. The molecule has 1 aromatic heterocycles. The van der Waals surface area contributed by atoms with Crippen LogP contribution in [0.25, 0.3) is 0 Å². The molecule has 0 aliphatic heterocycles. The zero-order valence-electron chi connectivity index (χ0n) is 11.5. The number of carbonyl (C=O) groups is 1. The fraction of sp³-hybridized carbons (Fsp3) is 0.583. The molecule has 106 valence electrons. The molecule has 0 unspecified atom stereocenters.